The first kappa shape index (κ1) is 27.4. The molecule has 1 aliphatic heterocycles. The lowest BCUT2D eigenvalue weighted by atomic mass is 9.78. The Kier molecular flexibility index (Phi) is 6.95. The number of rotatable bonds is 10. The number of hydrogen-bond donors (Lipinski definition) is 2. The van der Waals surface area contributed by atoms with Crippen molar-refractivity contribution in [3.8, 4) is 36.0 Å². The summed E-state index contributed by atoms with van der Waals surface area (Å²) in [7, 11) is 1.77. The summed E-state index contributed by atoms with van der Waals surface area (Å²) in [6, 6.07) is 10.8. The highest BCUT2D eigenvalue weighted by molar-refractivity contribution is 6.10. The molecular weight excluding hydrogens is 506 g/mol. The van der Waals surface area contributed by atoms with Crippen LogP contribution in [0, 0.1) is 41.4 Å². The number of amides is 1. The van der Waals surface area contributed by atoms with Crippen LogP contribution in [0.1, 0.15) is 78.1 Å². The number of nitrogens with one attached hydrogen (secondary N) is 2. The highest BCUT2D eigenvalue weighted by atomic mass is 19.3. The predicted octanol–water partition coefficient (Wildman–Crippen LogP) is 5.40. The van der Waals surface area contributed by atoms with Gasteiger partial charge in [0.25, 0.3) is 11.8 Å². The Labute approximate surface area is 234 Å². The van der Waals surface area contributed by atoms with Crippen molar-refractivity contribution in [3.63, 3.8) is 0 Å². The van der Waals surface area contributed by atoms with Crippen LogP contribution in [-0.2, 0) is 19.0 Å². The summed E-state index contributed by atoms with van der Waals surface area (Å²) in [5, 5.41) is 11.2. The number of hydrogen-bond acceptors (Lipinski definition) is 3. The summed E-state index contributed by atoms with van der Waals surface area (Å²) in [6.45, 7) is 3.52. The van der Waals surface area contributed by atoms with E-state index in [9.17, 15) is 13.6 Å². The van der Waals surface area contributed by atoms with Gasteiger partial charge in [0.05, 0.1) is 12.9 Å². The Morgan fingerprint density at radius 1 is 1.30 bits per heavy atom. The summed E-state index contributed by atoms with van der Waals surface area (Å²) in [4.78, 5) is 17.0. The normalized spacial score (nSPS) is 18.2. The molecule has 5 nitrogen and oxygen atoms in total. The van der Waals surface area contributed by atoms with Gasteiger partial charge in [-0.15, -0.1) is 6.42 Å². The van der Waals surface area contributed by atoms with Crippen molar-refractivity contribution in [2.75, 3.05) is 11.9 Å². The molecule has 40 heavy (non-hydrogen) atoms. The van der Waals surface area contributed by atoms with E-state index in [0.717, 1.165) is 31.7 Å². The largest absolute Gasteiger partial charge is 0.339 e. The standard InChI is InChI=1S/C33H32F2N4O/c1-5-6-7-12-28(33(15-16-33)38(4)22-36)24-10-8-11-25(19-24)39-21-27-26(30(39)40)17-23(18-29(27)32(3,34)35)20-37-31(2)13-9-14-31/h1,8,10-11,17-19,22,28,36-37H,9,12-14,20-21H2,2-4H3/t28-/m0/s1. The SMILES string of the molecule is C#CC#CC[C@@H](c1cccc(N2Cc3c(cc(CNC4(C)CCC4)cc3C(C)(F)F)C2=O)c1)C1(N(C)C=N)C#C1. The molecule has 0 spiro atoms. The second-order valence-electron chi connectivity index (χ2n) is 11.3. The fraction of sp³-hybridized carbons (Fsp3) is 0.394. The molecule has 0 aromatic heterocycles. The summed E-state index contributed by atoms with van der Waals surface area (Å²) in [5.74, 6) is 10.6. The second kappa shape index (κ2) is 10.1. The quantitative estimate of drug-likeness (QED) is 0.242. The zero-order valence-corrected chi connectivity index (χ0v) is 23.0. The maximum atomic E-state index is 14.8. The summed E-state index contributed by atoms with van der Waals surface area (Å²) >= 11 is 0. The Balaban J connectivity index is 1.47. The topological polar surface area (TPSA) is 59.4 Å². The van der Waals surface area contributed by atoms with Crippen LogP contribution >= 0.6 is 0 Å². The van der Waals surface area contributed by atoms with Gasteiger partial charge in [0, 0.05) is 55.2 Å². The number of carbonyl (C=O) groups excluding carboxylic acids is 1. The number of alkyl halides is 2. The van der Waals surface area contributed by atoms with E-state index < -0.39 is 11.5 Å². The van der Waals surface area contributed by atoms with Crippen LogP contribution in [0.25, 0.3) is 0 Å². The van der Waals surface area contributed by atoms with Crippen molar-refractivity contribution < 1.29 is 13.6 Å². The summed E-state index contributed by atoms with van der Waals surface area (Å²) in [5.41, 5.74) is 2.01. The lowest BCUT2D eigenvalue weighted by Gasteiger charge is -2.39. The molecule has 204 valence electrons. The highest BCUT2D eigenvalue weighted by Crippen LogP contribution is 2.43. The minimum absolute atomic E-state index is 0.0138. The Morgan fingerprint density at radius 2 is 2.05 bits per heavy atom. The van der Waals surface area contributed by atoms with E-state index in [-0.39, 0.29) is 29.5 Å². The minimum atomic E-state index is -3.09. The van der Waals surface area contributed by atoms with Crippen molar-refractivity contribution in [2.24, 2.45) is 0 Å². The van der Waals surface area contributed by atoms with Gasteiger partial charge in [0.15, 0.2) is 5.54 Å². The van der Waals surface area contributed by atoms with Crippen molar-refractivity contribution in [1.82, 2.24) is 10.2 Å². The zero-order chi connectivity index (χ0) is 28.7. The third-order valence-electron chi connectivity index (χ3n) is 8.44. The van der Waals surface area contributed by atoms with Gasteiger partial charge < -0.3 is 15.1 Å². The molecule has 7 heteroatoms. The Hall–Kier alpha value is -4.12. The van der Waals surface area contributed by atoms with Gasteiger partial charge in [-0.1, -0.05) is 29.9 Å². The fourth-order valence-corrected chi connectivity index (χ4v) is 5.75. The smallest absolute Gasteiger partial charge is 0.270 e. The van der Waals surface area contributed by atoms with E-state index in [1.807, 2.05) is 24.3 Å². The average Bonchev–Trinajstić information content (AvgIpc) is 3.65. The number of anilines is 1. The minimum Gasteiger partial charge on any atom is -0.339 e. The van der Waals surface area contributed by atoms with Crippen LogP contribution in [0.5, 0.6) is 0 Å². The van der Waals surface area contributed by atoms with Crippen LogP contribution in [0.2, 0.25) is 0 Å². The van der Waals surface area contributed by atoms with Crippen LogP contribution in [-0.4, -0.2) is 35.3 Å². The first-order chi connectivity index (χ1) is 19.0. The maximum Gasteiger partial charge on any atom is 0.270 e. The lowest BCUT2D eigenvalue weighted by Crippen LogP contribution is -2.47. The van der Waals surface area contributed by atoms with Gasteiger partial charge in [-0.3, -0.25) is 10.2 Å². The molecule has 2 N–H and O–H groups in total. The Morgan fingerprint density at radius 3 is 2.65 bits per heavy atom. The lowest BCUT2D eigenvalue weighted by molar-refractivity contribution is 0.0165. The highest BCUT2D eigenvalue weighted by Gasteiger charge is 2.47. The number of carbonyl (C=O) groups is 1. The number of halogens is 2. The molecule has 0 bridgehead atoms. The molecule has 1 fully saturated rings. The van der Waals surface area contributed by atoms with Crippen molar-refractivity contribution >= 4 is 17.9 Å². The molecule has 0 radical (unpaired) electrons. The molecule has 0 unspecified atom stereocenters. The second-order valence-corrected chi connectivity index (χ2v) is 11.3. The molecule has 1 saturated carbocycles. The predicted molar refractivity (Wildman–Crippen MR) is 153 cm³/mol. The number of benzene rings is 2. The molecule has 1 heterocycles. The van der Waals surface area contributed by atoms with E-state index in [1.54, 1.807) is 29.0 Å². The van der Waals surface area contributed by atoms with Gasteiger partial charge in [-0.2, -0.15) is 0 Å². The van der Waals surface area contributed by atoms with Gasteiger partial charge in [0.1, 0.15) is 0 Å². The van der Waals surface area contributed by atoms with E-state index in [2.05, 4.69) is 41.8 Å². The van der Waals surface area contributed by atoms with Gasteiger partial charge in [0.2, 0.25) is 0 Å². The molecule has 2 aromatic rings. The molecule has 0 saturated heterocycles. The monoisotopic (exact) mass is 538 g/mol. The van der Waals surface area contributed by atoms with E-state index in [0.29, 0.717) is 35.3 Å². The third-order valence-corrected chi connectivity index (χ3v) is 8.44. The summed E-state index contributed by atoms with van der Waals surface area (Å²) < 4.78 is 29.7. The van der Waals surface area contributed by atoms with Crippen molar-refractivity contribution in [1.29, 1.82) is 5.41 Å². The van der Waals surface area contributed by atoms with E-state index in [1.165, 1.54) is 6.34 Å². The van der Waals surface area contributed by atoms with Crippen molar-refractivity contribution in [3.05, 3.63) is 64.2 Å². The van der Waals surface area contributed by atoms with Crippen molar-refractivity contribution in [2.45, 2.75) is 75.5 Å². The first-order valence-electron chi connectivity index (χ1n) is 13.4. The number of likely N-dealkylation sites (N-methyl/N-ethyl adjacent to an activating group) is 1. The third kappa shape index (κ3) is 4.97. The molecule has 2 aliphatic carbocycles. The molecule has 3 aliphatic rings. The Bertz CT molecular complexity index is 1530. The molecule has 1 atom stereocenters. The van der Waals surface area contributed by atoms with Crippen LogP contribution in [0.3, 0.4) is 0 Å². The fourth-order valence-electron chi connectivity index (χ4n) is 5.75. The average molecular weight is 539 g/mol. The molecule has 5 rings (SSSR count). The van der Waals surface area contributed by atoms with E-state index in [4.69, 9.17) is 11.8 Å². The van der Waals surface area contributed by atoms with Crippen LogP contribution < -0.4 is 10.2 Å². The van der Waals surface area contributed by atoms with Crippen LogP contribution in [0.4, 0.5) is 14.5 Å². The van der Waals surface area contributed by atoms with E-state index >= 15 is 0 Å². The first-order valence-corrected chi connectivity index (χ1v) is 13.4. The summed E-state index contributed by atoms with van der Waals surface area (Å²) in [6.07, 6.45) is 10.2. The van der Waals surface area contributed by atoms with Gasteiger partial charge in [-0.05, 0) is 79.0 Å². The van der Waals surface area contributed by atoms with Gasteiger partial charge in [-0.25, -0.2) is 8.78 Å². The molecule has 2 aromatic carbocycles. The van der Waals surface area contributed by atoms with Gasteiger partial charge >= 0.3 is 0 Å². The number of fused-ring (bicyclic) bond motifs is 1. The van der Waals surface area contributed by atoms with Crippen LogP contribution in [0.15, 0.2) is 36.4 Å². The number of nitrogens with zero attached hydrogens (tertiary/aromatic N) is 2. The maximum absolute atomic E-state index is 14.8. The zero-order valence-electron chi connectivity index (χ0n) is 23.0. The molecular formula is C33H32F2N4O. The number of terminal acetylenes is 1. The molecule has 1 amide bonds.